The van der Waals surface area contributed by atoms with Crippen LogP contribution in [0.25, 0.3) is 0 Å². The average Bonchev–Trinajstić information content (AvgIpc) is 3.22. The van der Waals surface area contributed by atoms with Crippen LogP contribution in [0, 0.1) is 5.41 Å². The second-order valence-electron chi connectivity index (χ2n) is 6.12. The zero-order chi connectivity index (χ0) is 14.9. The van der Waals surface area contributed by atoms with E-state index in [0.29, 0.717) is 23.8 Å². The van der Waals surface area contributed by atoms with Gasteiger partial charge < -0.3 is 16.4 Å². The second kappa shape index (κ2) is 5.48. The van der Waals surface area contributed by atoms with Gasteiger partial charge in [-0.2, -0.15) is 0 Å². The van der Waals surface area contributed by atoms with E-state index in [4.69, 9.17) is 5.73 Å². The predicted molar refractivity (Wildman–Crippen MR) is 80.9 cm³/mol. The molecule has 2 saturated carbocycles. The third-order valence-electron chi connectivity index (χ3n) is 4.48. The molecule has 5 nitrogen and oxygen atoms in total. The summed E-state index contributed by atoms with van der Waals surface area (Å²) < 4.78 is 0. The molecule has 1 aromatic rings. The summed E-state index contributed by atoms with van der Waals surface area (Å²) in [5, 5.41) is 5.84. The van der Waals surface area contributed by atoms with E-state index in [1.807, 2.05) is 0 Å². The first kappa shape index (κ1) is 14.1. The number of hydrogen-bond acceptors (Lipinski definition) is 3. The highest BCUT2D eigenvalue weighted by Crippen LogP contribution is 2.40. The van der Waals surface area contributed by atoms with Crippen molar-refractivity contribution in [1.82, 2.24) is 5.32 Å². The van der Waals surface area contributed by atoms with Crippen molar-refractivity contribution in [3.8, 4) is 0 Å². The van der Waals surface area contributed by atoms with Crippen LogP contribution in [0.4, 0.5) is 5.69 Å². The molecular weight excluding hydrogens is 266 g/mol. The first-order chi connectivity index (χ1) is 10.1. The van der Waals surface area contributed by atoms with Crippen molar-refractivity contribution in [3.63, 3.8) is 0 Å². The smallest absolute Gasteiger partial charge is 0.251 e. The number of amides is 2. The van der Waals surface area contributed by atoms with E-state index in [9.17, 15) is 9.59 Å². The third-order valence-corrected chi connectivity index (χ3v) is 4.48. The summed E-state index contributed by atoms with van der Waals surface area (Å²) in [7, 11) is 0. The van der Waals surface area contributed by atoms with Gasteiger partial charge in [0.25, 0.3) is 5.91 Å². The molecule has 0 saturated heterocycles. The van der Waals surface area contributed by atoms with Gasteiger partial charge >= 0.3 is 0 Å². The lowest BCUT2D eigenvalue weighted by Gasteiger charge is -2.39. The van der Waals surface area contributed by atoms with Crippen molar-refractivity contribution in [2.24, 2.45) is 11.1 Å². The van der Waals surface area contributed by atoms with E-state index in [-0.39, 0.29) is 11.8 Å². The van der Waals surface area contributed by atoms with E-state index < -0.39 is 5.41 Å². The molecule has 2 fully saturated rings. The summed E-state index contributed by atoms with van der Waals surface area (Å²) in [5.74, 6) is -0.109. The van der Waals surface area contributed by atoms with Gasteiger partial charge in [-0.1, -0.05) is 12.5 Å². The third kappa shape index (κ3) is 2.93. The van der Waals surface area contributed by atoms with Crippen molar-refractivity contribution in [3.05, 3.63) is 29.8 Å². The molecule has 4 N–H and O–H groups in total. The van der Waals surface area contributed by atoms with Crippen molar-refractivity contribution in [2.75, 3.05) is 11.9 Å². The fraction of sp³-hybridized carbons (Fsp3) is 0.500. The number of anilines is 1. The molecule has 2 aliphatic carbocycles. The number of hydrogen-bond donors (Lipinski definition) is 3. The summed E-state index contributed by atoms with van der Waals surface area (Å²) >= 11 is 0. The highest BCUT2D eigenvalue weighted by atomic mass is 16.2. The van der Waals surface area contributed by atoms with Gasteiger partial charge in [0.2, 0.25) is 5.91 Å². The van der Waals surface area contributed by atoms with E-state index in [1.165, 1.54) is 0 Å². The number of carbonyl (C=O) groups excluding carboxylic acids is 2. The molecular formula is C16H21N3O2. The molecule has 21 heavy (non-hydrogen) atoms. The minimum absolute atomic E-state index is 0.0315. The van der Waals surface area contributed by atoms with Gasteiger partial charge in [0.15, 0.2) is 0 Å². The molecule has 0 atom stereocenters. The number of carbonyl (C=O) groups is 2. The van der Waals surface area contributed by atoms with Crippen LogP contribution in [0.5, 0.6) is 0 Å². The first-order valence-corrected chi connectivity index (χ1v) is 7.55. The van der Waals surface area contributed by atoms with E-state index >= 15 is 0 Å². The molecule has 3 rings (SSSR count). The maximum Gasteiger partial charge on any atom is 0.251 e. The quantitative estimate of drug-likeness (QED) is 0.770. The Morgan fingerprint density at radius 1 is 1.29 bits per heavy atom. The van der Waals surface area contributed by atoms with Crippen molar-refractivity contribution in [2.45, 2.75) is 38.1 Å². The van der Waals surface area contributed by atoms with Crippen LogP contribution in [0.15, 0.2) is 24.3 Å². The maximum absolute atomic E-state index is 12.3. The standard InChI is InChI=1S/C16H21N3O2/c17-10-16(7-2-8-16)15(21)19-13-4-1-3-11(9-13)14(20)18-12-5-6-12/h1,3-4,9,12H,2,5-8,10,17H2,(H,18,20)(H,19,21). The molecule has 1 aromatic carbocycles. The number of nitrogens with two attached hydrogens (primary N) is 1. The largest absolute Gasteiger partial charge is 0.349 e. The minimum Gasteiger partial charge on any atom is -0.349 e. The van der Waals surface area contributed by atoms with Crippen LogP contribution in [0.2, 0.25) is 0 Å². The summed E-state index contributed by atoms with van der Waals surface area (Å²) in [6, 6.07) is 7.39. The van der Waals surface area contributed by atoms with Crippen LogP contribution in [-0.4, -0.2) is 24.4 Å². The minimum atomic E-state index is -0.410. The molecule has 0 spiro atoms. The lowest BCUT2D eigenvalue weighted by molar-refractivity contribution is -0.129. The maximum atomic E-state index is 12.3. The SMILES string of the molecule is NCC1(C(=O)Nc2cccc(C(=O)NC3CC3)c2)CCC1. The molecule has 2 aliphatic rings. The van der Waals surface area contributed by atoms with E-state index in [0.717, 1.165) is 32.1 Å². The molecule has 0 radical (unpaired) electrons. The van der Waals surface area contributed by atoms with Crippen LogP contribution in [0.3, 0.4) is 0 Å². The predicted octanol–water partition coefficient (Wildman–Crippen LogP) is 1.65. The fourth-order valence-corrected chi connectivity index (χ4v) is 2.63. The highest BCUT2D eigenvalue weighted by molar-refractivity contribution is 5.99. The zero-order valence-corrected chi connectivity index (χ0v) is 12.0. The molecule has 0 bridgehead atoms. The Kier molecular flexibility index (Phi) is 3.68. The Bertz CT molecular complexity index is 557. The molecule has 0 unspecified atom stereocenters. The molecule has 5 heteroatoms. The first-order valence-electron chi connectivity index (χ1n) is 7.55. The summed E-state index contributed by atoms with van der Waals surface area (Å²) in [4.78, 5) is 24.3. The lowest BCUT2D eigenvalue weighted by Crippen LogP contribution is -2.47. The van der Waals surface area contributed by atoms with Crippen LogP contribution in [-0.2, 0) is 4.79 Å². The molecule has 2 amide bonds. The molecule has 0 heterocycles. The Morgan fingerprint density at radius 3 is 2.62 bits per heavy atom. The summed E-state index contributed by atoms with van der Waals surface area (Å²) in [6.45, 7) is 0.376. The Hall–Kier alpha value is -1.88. The molecule has 0 aromatic heterocycles. The van der Waals surface area contributed by atoms with Gasteiger partial charge in [-0.15, -0.1) is 0 Å². The number of nitrogens with one attached hydrogen (secondary N) is 2. The van der Waals surface area contributed by atoms with Crippen LogP contribution >= 0.6 is 0 Å². The van der Waals surface area contributed by atoms with Gasteiger partial charge in [0.1, 0.15) is 0 Å². The van der Waals surface area contributed by atoms with Crippen molar-refractivity contribution in [1.29, 1.82) is 0 Å². The Labute approximate surface area is 124 Å². The summed E-state index contributed by atoms with van der Waals surface area (Å²) in [6.07, 6.45) is 4.85. The second-order valence-corrected chi connectivity index (χ2v) is 6.12. The summed E-state index contributed by atoms with van der Waals surface area (Å²) in [5.41, 5.74) is 6.56. The van der Waals surface area contributed by atoms with Gasteiger partial charge in [-0.25, -0.2) is 0 Å². The van der Waals surface area contributed by atoms with Crippen molar-refractivity contribution >= 4 is 17.5 Å². The molecule has 0 aliphatic heterocycles. The van der Waals surface area contributed by atoms with E-state index in [1.54, 1.807) is 24.3 Å². The van der Waals surface area contributed by atoms with Crippen molar-refractivity contribution < 1.29 is 9.59 Å². The number of benzene rings is 1. The fourth-order valence-electron chi connectivity index (χ4n) is 2.63. The normalized spacial score (nSPS) is 19.5. The number of rotatable bonds is 5. The zero-order valence-electron chi connectivity index (χ0n) is 12.0. The highest BCUT2D eigenvalue weighted by Gasteiger charge is 2.42. The van der Waals surface area contributed by atoms with Crippen LogP contribution in [0.1, 0.15) is 42.5 Å². The van der Waals surface area contributed by atoms with Gasteiger partial charge in [0, 0.05) is 23.8 Å². The van der Waals surface area contributed by atoms with Crippen LogP contribution < -0.4 is 16.4 Å². The van der Waals surface area contributed by atoms with Gasteiger partial charge in [-0.05, 0) is 43.9 Å². The Morgan fingerprint density at radius 2 is 2.05 bits per heavy atom. The van der Waals surface area contributed by atoms with E-state index in [2.05, 4.69) is 10.6 Å². The Balaban J connectivity index is 1.67. The molecule has 112 valence electrons. The lowest BCUT2D eigenvalue weighted by atomic mass is 9.68. The monoisotopic (exact) mass is 287 g/mol. The van der Waals surface area contributed by atoms with Gasteiger partial charge in [-0.3, -0.25) is 9.59 Å². The topological polar surface area (TPSA) is 84.2 Å². The van der Waals surface area contributed by atoms with Gasteiger partial charge in [0.05, 0.1) is 5.41 Å². The average molecular weight is 287 g/mol.